The Balaban J connectivity index is 1.35. The van der Waals surface area contributed by atoms with Crippen LogP contribution < -0.4 is 20.4 Å². The summed E-state index contributed by atoms with van der Waals surface area (Å²) in [6, 6.07) is 15.1. The summed E-state index contributed by atoms with van der Waals surface area (Å²) in [5.41, 5.74) is 4.93. The smallest absolute Gasteiger partial charge is 0.128 e. The Kier molecular flexibility index (Phi) is 4.35. The number of rotatable bonds is 3. The SMILES string of the molecule is c1ccc2c(N3CCC4(CNC4)C3)cc(-c3ccc(N4CCNCC4)nc3)nc2c1. The summed E-state index contributed by atoms with van der Waals surface area (Å²) in [7, 11) is 0. The fourth-order valence-corrected chi connectivity index (χ4v) is 5.09. The molecule has 6 nitrogen and oxygen atoms in total. The molecule has 6 rings (SSSR count). The normalized spacial score (nSPS) is 20.7. The summed E-state index contributed by atoms with van der Waals surface area (Å²) in [6.07, 6.45) is 3.26. The lowest BCUT2D eigenvalue weighted by Crippen LogP contribution is -2.54. The van der Waals surface area contributed by atoms with Crippen molar-refractivity contribution in [1.29, 1.82) is 0 Å². The molecule has 1 spiro atoms. The molecule has 30 heavy (non-hydrogen) atoms. The lowest BCUT2D eigenvalue weighted by atomic mass is 9.81. The van der Waals surface area contributed by atoms with Crippen molar-refractivity contribution >= 4 is 22.4 Å². The standard InChI is InChI=1S/C24H28N6/c1-2-4-20-19(3-1)22(30-10-7-24(17-30)15-26-16-24)13-21(28-20)18-5-6-23(27-14-18)29-11-8-25-9-12-29/h1-6,13-14,25-26H,7-12,15-17H2. The van der Waals surface area contributed by atoms with Gasteiger partial charge < -0.3 is 20.4 Å². The number of hydrogen-bond donors (Lipinski definition) is 2. The molecule has 6 heteroatoms. The minimum absolute atomic E-state index is 0.469. The van der Waals surface area contributed by atoms with Crippen LogP contribution in [-0.2, 0) is 0 Å². The summed E-state index contributed by atoms with van der Waals surface area (Å²) in [5, 5.41) is 8.11. The summed E-state index contributed by atoms with van der Waals surface area (Å²) >= 11 is 0. The van der Waals surface area contributed by atoms with Gasteiger partial charge in [0.15, 0.2) is 0 Å². The van der Waals surface area contributed by atoms with Crippen LogP contribution in [0, 0.1) is 5.41 Å². The van der Waals surface area contributed by atoms with Crippen molar-refractivity contribution in [3.8, 4) is 11.3 Å². The van der Waals surface area contributed by atoms with Gasteiger partial charge in [-0.3, -0.25) is 0 Å². The Morgan fingerprint density at radius 1 is 0.900 bits per heavy atom. The average Bonchev–Trinajstić information content (AvgIpc) is 3.26. The molecule has 3 aromatic rings. The predicted octanol–water partition coefficient (Wildman–Crippen LogP) is 2.51. The molecule has 2 N–H and O–H groups in total. The van der Waals surface area contributed by atoms with E-state index in [-0.39, 0.29) is 0 Å². The first kappa shape index (κ1) is 18.1. The van der Waals surface area contributed by atoms with Crippen LogP contribution in [0.2, 0.25) is 0 Å². The number of piperazine rings is 1. The first-order chi connectivity index (χ1) is 14.8. The Labute approximate surface area is 177 Å². The van der Waals surface area contributed by atoms with Crippen molar-refractivity contribution in [2.45, 2.75) is 6.42 Å². The molecule has 154 valence electrons. The zero-order valence-electron chi connectivity index (χ0n) is 17.3. The van der Waals surface area contributed by atoms with Gasteiger partial charge in [-0.2, -0.15) is 0 Å². The zero-order chi connectivity index (χ0) is 20.0. The van der Waals surface area contributed by atoms with E-state index in [9.17, 15) is 0 Å². The highest BCUT2D eigenvalue weighted by atomic mass is 15.2. The summed E-state index contributed by atoms with van der Waals surface area (Å²) in [4.78, 5) is 14.7. The molecule has 0 aliphatic carbocycles. The van der Waals surface area contributed by atoms with Gasteiger partial charge in [0.05, 0.1) is 11.2 Å². The maximum atomic E-state index is 4.99. The molecule has 2 aromatic heterocycles. The molecule has 0 saturated carbocycles. The third-order valence-electron chi connectivity index (χ3n) is 6.96. The van der Waals surface area contributed by atoms with E-state index in [2.05, 4.69) is 62.9 Å². The molecule has 0 atom stereocenters. The van der Waals surface area contributed by atoms with Gasteiger partial charge in [-0.15, -0.1) is 0 Å². The number of nitrogens with one attached hydrogen (secondary N) is 2. The Morgan fingerprint density at radius 3 is 2.50 bits per heavy atom. The molecule has 3 fully saturated rings. The fourth-order valence-electron chi connectivity index (χ4n) is 5.09. The number of fused-ring (bicyclic) bond motifs is 1. The van der Waals surface area contributed by atoms with E-state index in [0.717, 1.165) is 74.9 Å². The van der Waals surface area contributed by atoms with Crippen LogP contribution in [0.5, 0.6) is 0 Å². The largest absolute Gasteiger partial charge is 0.370 e. The molecule has 0 unspecified atom stereocenters. The van der Waals surface area contributed by atoms with E-state index >= 15 is 0 Å². The number of anilines is 2. The van der Waals surface area contributed by atoms with Crippen LogP contribution in [0.25, 0.3) is 22.2 Å². The van der Waals surface area contributed by atoms with Crippen LogP contribution >= 0.6 is 0 Å². The second kappa shape index (κ2) is 7.22. The molecule has 5 heterocycles. The van der Waals surface area contributed by atoms with Gasteiger partial charge in [0.2, 0.25) is 0 Å². The quantitative estimate of drug-likeness (QED) is 0.705. The Bertz CT molecular complexity index is 1050. The first-order valence-corrected chi connectivity index (χ1v) is 11.1. The van der Waals surface area contributed by atoms with E-state index < -0.39 is 0 Å². The van der Waals surface area contributed by atoms with E-state index in [1.165, 1.54) is 17.5 Å². The minimum Gasteiger partial charge on any atom is -0.370 e. The van der Waals surface area contributed by atoms with E-state index in [1.54, 1.807) is 0 Å². The second-order valence-electron chi connectivity index (χ2n) is 8.96. The molecule has 3 saturated heterocycles. The van der Waals surface area contributed by atoms with Crippen molar-refractivity contribution in [2.75, 3.05) is 62.2 Å². The second-order valence-corrected chi connectivity index (χ2v) is 8.96. The van der Waals surface area contributed by atoms with Crippen LogP contribution in [0.1, 0.15) is 6.42 Å². The van der Waals surface area contributed by atoms with Crippen molar-refractivity contribution < 1.29 is 0 Å². The van der Waals surface area contributed by atoms with Crippen LogP contribution in [-0.4, -0.2) is 62.3 Å². The molecule has 0 bridgehead atoms. The van der Waals surface area contributed by atoms with E-state index in [1.807, 2.05) is 6.20 Å². The number of nitrogens with zero attached hydrogens (tertiary/aromatic N) is 4. The molecular formula is C24H28N6. The molecular weight excluding hydrogens is 372 g/mol. The lowest BCUT2D eigenvalue weighted by Gasteiger charge is -2.39. The van der Waals surface area contributed by atoms with Crippen LogP contribution in [0.15, 0.2) is 48.7 Å². The van der Waals surface area contributed by atoms with Gasteiger partial charge in [-0.25, -0.2) is 9.97 Å². The van der Waals surface area contributed by atoms with Crippen molar-refractivity contribution in [2.24, 2.45) is 5.41 Å². The fraction of sp³-hybridized carbons (Fsp3) is 0.417. The number of aromatic nitrogens is 2. The van der Waals surface area contributed by atoms with E-state index in [0.29, 0.717) is 5.41 Å². The molecule has 0 amide bonds. The maximum Gasteiger partial charge on any atom is 0.128 e. The van der Waals surface area contributed by atoms with Gasteiger partial charge in [-0.05, 0) is 30.7 Å². The molecule has 0 radical (unpaired) electrons. The highest BCUT2D eigenvalue weighted by Crippen LogP contribution is 2.40. The monoisotopic (exact) mass is 400 g/mol. The minimum atomic E-state index is 0.469. The van der Waals surface area contributed by atoms with Gasteiger partial charge in [0.25, 0.3) is 0 Å². The Hall–Kier alpha value is -2.70. The first-order valence-electron chi connectivity index (χ1n) is 11.1. The van der Waals surface area contributed by atoms with Crippen molar-refractivity contribution in [1.82, 2.24) is 20.6 Å². The molecule has 1 aromatic carbocycles. The molecule has 3 aliphatic heterocycles. The summed E-state index contributed by atoms with van der Waals surface area (Å²) < 4.78 is 0. The molecule has 3 aliphatic rings. The highest BCUT2D eigenvalue weighted by molar-refractivity contribution is 5.94. The number of hydrogen-bond acceptors (Lipinski definition) is 6. The third-order valence-corrected chi connectivity index (χ3v) is 6.96. The third kappa shape index (κ3) is 3.11. The van der Waals surface area contributed by atoms with Gasteiger partial charge in [0.1, 0.15) is 5.82 Å². The van der Waals surface area contributed by atoms with Crippen molar-refractivity contribution in [3.63, 3.8) is 0 Å². The maximum absolute atomic E-state index is 4.99. The van der Waals surface area contributed by atoms with Gasteiger partial charge in [0, 0.05) is 80.6 Å². The summed E-state index contributed by atoms with van der Waals surface area (Å²) in [6.45, 7) is 8.61. The average molecular weight is 401 g/mol. The number of pyridine rings is 2. The van der Waals surface area contributed by atoms with Gasteiger partial charge in [-0.1, -0.05) is 18.2 Å². The van der Waals surface area contributed by atoms with Gasteiger partial charge >= 0.3 is 0 Å². The number of benzene rings is 1. The number of para-hydroxylation sites is 1. The lowest BCUT2D eigenvalue weighted by molar-refractivity contribution is 0.200. The predicted molar refractivity (Wildman–Crippen MR) is 122 cm³/mol. The van der Waals surface area contributed by atoms with Crippen molar-refractivity contribution in [3.05, 3.63) is 48.7 Å². The Morgan fingerprint density at radius 2 is 1.77 bits per heavy atom. The van der Waals surface area contributed by atoms with E-state index in [4.69, 9.17) is 9.97 Å². The van der Waals surface area contributed by atoms with Crippen LogP contribution in [0.3, 0.4) is 0 Å². The highest BCUT2D eigenvalue weighted by Gasteiger charge is 2.43. The zero-order valence-corrected chi connectivity index (χ0v) is 17.3. The topological polar surface area (TPSA) is 56.3 Å². The summed E-state index contributed by atoms with van der Waals surface area (Å²) in [5.74, 6) is 1.06. The van der Waals surface area contributed by atoms with Crippen LogP contribution in [0.4, 0.5) is 11.5 Å².